The Morgan fingerprint density at radius 2 is 2.11 bits per heavy atom. The number of piperidine rings is 1. The lowest BCUT2D eigenvalue weighted by atomic mass is 9.95. The molecular weight excluding hydrogens is 354 g/mol. The van der Waals surface area contributed by atoms with Crippen LogP contribution >= 0.6 is 0 Å². The van der Waals surface area contributed by atoms with Gasteiger partial charge in [0.2, 0.25) is 5.91 Å². The van der Waals surface area contributed by atoms with Crippen LogP contribution in [-0.4, -0.2) is 54.4 Å². The molecule has 3 N–H and O–H groups in total. The summed E-state index contributed by atoms with van der Waals surface area (Å²) >= 11 is 0. The van der Waals surface area contributed by atoms with E-state index in [1.807, 2.05) is 29.6 Å². The first-order chi connectivity index (χ1) is 13.7. The van der Waals surface area contributed by atoms with Gasteiger partial charge in [0.1, 0.15) is 5.82 Å². The summed E-state index contributed by atoms with van der Waals surface area (Å²) in [5.41, 5.74) is 8.15. The molecule has 0 saturated carbocycles. The second-order valence-corrected chi connectivity index (χ2v) is 7.26. The van der Waals surface area contributed by atoms with Crippen LogP contribution in [0.25, 0.3) is 0 Å². The van der Waals surface area contributed by atoms with E-state index in [4.69, 9.17) is 5.73 Å². The molecule has 4 heterocycles. The highest BCUT2D eigenvalue weighted by Crippen LogP contribution is 2.27. The lowest BCUT2D eigenvalue weighted by molar-refractivity contribution is -0.133. The molecule has 3 aromatic heterocycles. The minimum absolute atomic E-state index is 0.00625. The minimum Gasteiger partial charge on any atom is -0.348 e. The number of pyridine rings is 1. The summed E-state index contributed by atoms with van der Waals surface area (Å²) in [6.07, 6.45) is 13.1. The molecule has 1 saturated heterocycles. The predicted octanol–water partition coefficient (Wildman–Crippen LogP) is 1.33. The molecule has 1 fully saturated rings. The highest BCUT2D eigenvalue weighted by molar-refractivity contribution is 5.82. The molecule has 8 heteroatoms. The summed E-state index contributed by atoms with van der Waals surface area (Å²) in [6.45, 7) is 2.18. The van der Waals surface area contributed by atoms with E-state index >= 15 is 0 Å². The monoisotopic (exact) mass is 379 g/mol. The Morgan fingerprint density at radius 1 is 1.25 bits per heavy atom. The zero-order valence-corrected chi connectivity index (χ0v) is 15.7. The van der Waals surface area contributed by atoms with E-state index in [1.54, 1.807) is 18.7 Å². The summed E-state index contributed by atoms with van der Waals surface area (Å²) in [5, 5.41) is 0. The van der Waals surface area contributed by atoms with E-state index in [9.17, 15) is 4.79 Å². The van der Waals surface area contributed by atoms with Gasteiger partial charge in [-0.25, -0.2) is 9.97 Å². The number of nitrogens with two attached hydrogens (primary N) is 1. The van der Waals surface area contributed by atoms with Crippen LogP contribution in [0.4, 0.5) is 0 Å². The fourth-order valence-corrected chi connectivity index (χ4v) is 3.82. The van der Waals surface area contributed by atoms with Crippen LogP contribution in [0, 0.1) is 0 Å². The van der Waals surface area contributed by atoms with Crippen molar-refractivity contribution < 1.29 is 4.79 Å². The fraction of sp³-hybridized carbons (Fsp3) is 0.400. The second kappa shape index (κ2) is 8.35. The van der Waals surface area contributed by atoms with Gasteiger partial charge in [0.15, 0.2) is 0 Å². The van der Waals surface area contributed by atoms with Gasteiger partial charge in [-0.2, -0.15) is 0 Å². The SMILES string of the molecule is N[C@@H](Cc1cnc[nH]1)C(=O)N1CCC(c2nccn2Cc2cccnc2)CC1. The van der Waals surface area contributed by atoms with E-state index < -0.39 is 6.04 Å². The van der Waals surface area contributed by atoms with Crippen molar-refractivity contribution in [3.63, 3.8) is 0 Å². The summed E-state index contributed by atoms with van der Waals surface area (Å²) < 4.78 is 2.18. The van der Waals surface area contributed by atoms with Gasteiger partial charge < -0.3 is 20.2 Å². The van der Waals surface area contributed by atoms with E-state index in [1.165, 1.54) is 0 Å². The average Bonchev–Trinajstić information content (AvgIpc) is 3.40. The van der Waals surface area contributed by atoms with Gasteiger partial charge in [-0.15, -0.1) is 0 Å². The second-order valence-electron chi connectivity index (χ2n) is 7.26. The van der Waals surface area contributed by atoms with Crippen molar-refractivity contribution in [3.05, 3.63) is 66.5 Å². The molecule has 1 aliphatic heterocycles. The van der Waals surface area contributed by atoms with Crippen LogP contribution in [0.1, 0.15) is 35.8 Å². The fourth-order valence-electron chi connectivity index (χ4n) is 3.82. The maximum Gasteiger partial charge on any atom is 0.239 e. The highest BCUT2D eigenvalue weighted by atomic mass is 16.2. The first-order valence-corrected chi connectivity index (χ1v) is 9.62. The molecular formula is C20H25N7O. The zero-order valence-electron chi connectivity index (χ0n) is 15.7. The Labute approximate surface area is 163 Å². The van der Waals surface area contributed by atoms with Crippen LogP contribution in [0.2, 0.25) is 0 Å². The molecule has 0 aliphatic carbocycles. The molecule has 146 valence electrons. The number of amides is 1. The Hall–Kier alpha value is -3.00. The lowest BCUT2D eigenvalue weighted by Crippen LogP contribution is -2.48. The average molecular weight is 379 g/mol. The summed E-state index contributed by atoms with van der Waals surface area (Å²) in [5.74, 6) is 1.43. The zero-order chi connectivity index (χ0) is 19.3. The standard InChI is InChI=1S/C20H25N7O/c21-18(10-17-12-23-14-25-17)20(28)26-7-3-16(4-8-26)19-24-6-9-27(19)13-15-2-1-5-22-11-15/h1-2,5-6,9,11-12,14,16,18H,3-4,7-8,10,13,21H2,(H,23,25)/t18-/m0/s1. The van der Waals surface area contributed by atoms with E-state index in [2.05, 4.69) is 30.6 Å². The molecule has 3 aromatic rings. The maximum atomic E-state index is 12.7. The molecule has 1 amide bonds. The van der Waals surface area contributed by atoms with Crippen LogP contribution in [-0.2, 0) is 17.8 Å². The maximum absolute atomic E-state index is 12.7. The summed E-state index contributed by atoms with van der Waals surface area (Å²) in [7, 11) is 0. The number of carbonyl (C=O) groups is 1. The largest absolute Gasteiger partial charge is 0.348 e. The molecule has 0 spiro atoms. The molecule has 28 heavy (non-hydrogen) atoms. The number of likely N-dealkylation sites (tertiary alicyclic amines) is 1. The third-order valence-corrected chi connectivity index (χ3v) is 5.31. The highest BCUT2D eigenvalue weighted by Gasteiger charge is 2.29. The van der Waals surface area contributed by atoms with E-state index in [0.29, 0.717) is 25.4 Å². The Morgan fingerprint density at radius 3 is 2.82 bits per heavy atom. The van der Waals surface area contributed by atoms with Crippen molar-refractivity contribution >= 4 is 5.91 Å². The van der Waals surface area contributed by atoms with Gasteiger partial charge >= 0.3 is 0 Å². The number of nitrogens with zero attached hydrogens (tertiary/aromatic N) is 5. The minimum atomic E-state index is -0.537. The molecule has 1 aliphatic rings. The number of nitrogens with one attached hydrogen (secondary N) is 1. The van der Waals surface area contributed by atoms with Crippen LogP contribution in [0.15, 0.2) is 49.4 Å². The van der Waals surface area contributed by atoms with E-state index in [0.717, 1.165) is 36.5 Å². The summed E-state index contributed by atoms with van der Waals surface area (Å²) in [6, 6.07) is 3.48. The number of imidazole rings is 2. The quantitative estimate of drug-likeness (QED) is 0.672. The molecule has 8 nitrogen and oxygen atoms in total. The Kier molecular flexibility index (Phi) is 5.48. The topological polar surface area (TPSA) is 106 Å². The number of hydrogen-bond donors (Lipinski definition) is 2. The van der Waals surface area contributed by atoms with Crippen molar-refractivity contribution in [2.45, 2.75) is 37.8 Å². The lowest BCUT2D eigenvalue weighted by Gasteiger charge is -2.33. The van der Waals surface area contributed by atoms with Gasteiger partial charge in [0.25, 0.3) is 0 Å². The van der Waals surface area contributed by atoms with Crippen molar-refractivity contribution in [2.24, 2.45) is 5.73 Å². The van der Waals surface area contributed by atoms with E-state index in [-0.39, 0.29) is 5.91 Å². The molecule has 0 radical (unpaired) electrons. The molecule has 0 aromatic carbocycles. The third-order valence-electron chi connectivity index (χ3n) is 5.31. The predicted molar refractivity (Wildman–Crippen MR) is 104 cm³/mol. The van der Waals surface area contributed by atoms with Gasteiger partial charge in [0, 0.05) is 62.1 Å². The Bertz CT molecular complexity index is 882. The van der Waals surface area contributed by atoms with Crippen molar-refractivity contribution in [2.75, 3.05) is 13.1 Å². The first-order valence-electron chi connectivity index (χ1n) is 9.62. The van der Waals surface area contributed by atoms with Gasteiger partial charge in [-0.1, -0.05) is 6.07 Å². The number of aromatic nitrogens is 5. The van der Waals surface area contributed by atoms with Crippen molar-refractivity contribution in [3.8, 4) is 0 Å². The molecule has 1 atom stereocenters. The number of carbonyl (C=O) groups excluding carboxylic acids is 1. The third kappa shape index (κ3) is 4.12. The number of rotatable bonds is 6. The molecule has 0 unspecified atom stereocenters. The smallest absolute Gasteiger partial charge is 0.239 e. The van der Waals surface area contributed by atoms with Gasteiger partial charge in [-0.05, 0) is 24.5 Å². The summed E-state index contributed by atoms with van der Waals surface area (Å²) in [4.78, 5) is 30.3. The Balaban J connectivity index is 1.34. The number of aromatic amines is 1. The van der Waals surface area contributed by atoms with Crippen molar-refractivity contribution in [1.29, 1.82) is 0 Å². The van der Waals surface area contributed by atoms with Crippen LogP contribution < -0.4 is 5.73 Å². The first kappa shape index (κ1) is 18.4. The number of hydrogen-bond acceptors (Lipinski definition) is 5. The van der Waals surface area contributed by atoms with Gasteiger partial charge in [0.05, 0.1) is 18.9 Å². The molecule has 4 rings (SSSR count). The number of H-pyrrole nitrogens is 1. The normalized spacial score (nSPS) is 16.2. The van der Waals surface area contributed by atoms with Crippen LogP contribution in [0.5, 0.6) is 0 Å². The molecule has 0 bridgehead atoms. The van der Waals surface area contributed by atoms with Crippen molar-refractivity contribution in [1.82, 2.24) is 29.4 Å². The van der Waals surface area contributed by atoms with Gasteiger partial charge in [-0.3, -0.25) is 9.78 Å². The van der Waals surface area contributed by atoms with Crippen LogP contribution in [0.3, 0.4) is 0 Å².